The van der Waals surface area contributed by atoms with Crippen LogP contribution in [0.1, 0.15) is 50.6 Å². The van der Waals surface area contributed by atoms with E-state index in [4.69, 9.17) is 4.98 Å². The standard InChI is InChI=1S/C15H24N4/c1-12-11-14(19-9-5-6-10-19)18-15(16-12)17-13-7-3-2-4-8-13/h11,13H,2-10H2,1H3,(H,16,17,18). The van der Waals surface area contributed by atoms with E-state index in [0.29, 0.717) is 6.04 Å². The molecule has 2 heterocycles. The topological polar surface area (TPSA) is 41.1 Å². The molecule has 2 aliphatic rings. The molecule has 104 valence electrons. The van der Waals surface area contributed by atoms with Gasteiger partial charge < -0.3 is 10.2 Å². The molecular weight excluding hydrogens is 236 g/mol. The third-order valence-corrected chi connectivity index (χ3v) is 4.21. The van der Waals surface area contributed by atoms with Crippen molar-refractivity contribution in [3.05, 3.63) is 11.8 Å². The summed E-state index contributed by atoms with van der Waals surface area (Å²) in [6.45, 7) is 4.34. The summed E-state index contributed by atoms with van der Waals surface area (Å²) in [7, 11) is 0. The van der Waals surface area contributed by atoms with E-state index in [9.17, 15) is 0 Å². The van der Waals surface area contributed by atoms with Crippen LogP contribution in [0.2, 0.25) is 0 Å². The second-order valence-corrected chi connectivity index (χ2v) is 5.86. The highest BCUT2D eigenvalue weighted by Gasteiger charge is 2.17. The zero-order valence-corrected chi connectivity index (χ0v) is 11.9. The van der Waals surface area contributed by atoms with Crippen molar-refractivity contribution >= 4 is 11.8 Å². The van der Waals surface area contributed by atoms with Gasteiger partial charge in [0.05, 0.1) is 0 Å². The van der Waals surface area contributed by atoms with Gasteiger partial charge in [-0.1, -0.05) is 19.3 Å². The van der Waals surface area contributed by atoms with Crippen molar-refractivity contribution in [1.29, 1.82) is 0 Å². The molecule has 2 fully saturated rings. The van der Waals surface area contributed by atoms with Crippen LogP contribution in [-0.2, 0) is 0 Å². The normalized spacial score (nSPS) is 20.8. The molecule has 1 aliphatic heterocycles. The maximum atomic E-state index is 4.71. The molecule has 0 radical (unpaired) electrons. The SMILES string of the molecule is Cc1cc(N2CCCC2)nc(NC2CCCCC2)n1. The summed E-state index contributed by atoms with van der Waals surface area (Å²) < 4.78 is 0. The van der Waals surface area contributed by atoms with Gasteiger partial charge in [0.1, 0.15) is 5.82 Å². The van der Waals surface area contributed by atoms with Gasteiger partial charge in [-0.15, -0.1) is 0 Å². The highest BCUT2D eigenvalue weighted by molar-refractivity contribution is 5.45. The van der Waals surface area contributed by atoms with Crippen molar-refractivity contribution in [2.75, 3.05) is 23.3 Å². The van der Waals surface area contributed by atoms with E-state index in [2.05, 4.69) is 28.2 Å². The molecule has 3 rings (SSSR count). The predicted molar refractivity (Wildman–Crippen MR) is 78.7 cm³/mol. The fraction of sp³-hybridized carbons (Fsp3) is 0.733. The average molecular weight is 260 g/mol. The van der Waals surface area contributed by atoms with Crippen molar-refractivity contribution in [3.8, 4) is 0 Å². The van der Waals surface area contributed by atoms with Crippen molar-refractivity contribution < 1.29 is 0 Å². The van der Waals surface area contributed by atoms with E-state index in [1.165, 1.54) is 44.9 Å². The number of aromatic nitrogens is 2. The summed E-state index contributed by atoms with van der Waals surface area (Å²) >= 11 is 0. The van der Waals surface area contributed by atoms with Crippen LogP contribution in [0.3, 0.4) is 0 Å². The van der Waals surface area contributed by atoms with Gasteiger partial charge in [-0.05, 0) is 32.6 Å². The van der Waals surface area contributed by atoms with Crippen molar-refractivity contribution in [3.63, 3.8) is 0 Å². The summed E-state index contributed by atoms with van der Waals surface area (Å²) in [5, 5.41) is 3.54. The molecule has 1 aromatic rings. The molecule has 1 saturated carbocycles. The number of nitrogens with one attached hydrogen (secondary N) is 1. The smallest absolute Gasteiger partial charge is 0.225 e. The highest BCUT2D eigenvalue weighted by Crippen LogP contribution is 2.23. The van der Waals surface area contributed by atoms with E-state index >= 15 is 0 Å². The van der Waals surface area contributed by atoms with Gasteiger partial charge >= 0.3 is 0 Å². The molecule has 0 aromatic carbocycles. The maximum absolute atomic E-state index is 4.71. The summed E-state index contributed by atoms with van der Waals surface area (Å²) in [5.74, 6) is 1.93. The van der Waals surface area contributed by atoms with Crippen LogP contribution in [0.4, 0.5) is 11.8 Å². The number of anilines is 2. The third kappa shape index (κ3) is 3.17. The number of aryl methyl sites for hydroxylation is 1. The lowest BCUT2D eigenvalue weighted by Gasteiger charge is -2.24. The van der Waals surface area contributed by atoms with Gasteiger partial charge in [-0.2, -0.15) is 4.98 Å². The molecule has 1 saturated heterocycles. The van der Waals surface area contributed by atoms with E-state index in [0.717, 1.165) is 30.5 Å². The first kappa shape index (κ1) is 12.7. The van der Waals surface area contributed by atoms with E-state index in [1.54, 1.807) is 0 Å². The first-order chi connectivity index (χ1) is 9.31. The molecule has 0 bridgehead atoms. The van der Waals surface area contributed by atoms with Crippen LogP contribution in [0, 0.1) is 6.92 Å². The first-order valence-corrected chi connectivity index (χ1v) is 7.68. The highest BCUT2D eigenvalue weighted by atomic mass is 15.2. The fourth-order valence-electron chi connectivity index (χ4n) is 3.15. The average Bonchev–Trinajstić information content (AvgIpc) is 2.93. The summed E-state index contributed by atoms with van der Waals surface area (Å²) in [4.78, 5) is 11.6. The maximum Gasteiger partial charge on any atom is 0.225 e. The number of nitrogens with zero attached hydrogens (tertiary/aromatic N) is 3. The Labute approximate surface area is 115 Å². The molecule has 0 unspecified atom stereocenters. The van der Waals surface area contributed by atoms with E-state index in [1.807, 2.05) is 0 Å². The first-order valence-electron chi connectivity index (χ1n) is 7.68. The fourth-order valence-corrected chi connectivity index (χ4v) is 3.15. The van der Waals surface area contributed by atoms with Crippen LogP contribution in [0.5, 0.6) is 0 Å². The second kappa shape index (κ2) is 5.76. The molecule has 0 amide bonds. The minimum Gasteiger partial charge on any atom is -0.356 e. The Morgan fingerprint density at radius 2 is 1.79 bits per heavy atom. The Morgan fingerprint density at radius 3 is 2.53 bits per heavy atom. The minimum atomic E-state index is 0.571. The minimum absolute atomic E-state index is 0.571. The zero-order valence-electron chi connectivity index (χ0n) is 11.9. The zero-order chi connectivity index (χ0) is 13.1. The number of hydrogen-bond donors (Lipinski definition) is 1. The van der Waals surface area contributed by atoms with Crippen LogP contribution in [0.25, 0.3) is 0 Å². The van der Waals surface area contributed by atoms with Gasteiger partial charge in [-0.25, -0.2) is 4.98 Å². The Bertz CT molecular complexity index is 420. The molecule has 1 N–H and O–H groups in total. The van der Waals surface area contributed by atoms with Crippen molar-refractivity contribution in [2.45, 2.75) is 57.9 Å². The summed E-state index contributed by atoms with van der Waals surface area (Å²) in [6.07, 6.45) is 9.15. The van der Waals surface area contributed by atoms with E-state index < -0.39 is 0 Å². The lowest BCUT2D eigenvalue weighted by atomic mass is 9.96. The Hall–Kier alpha value is -1.32. The van der Waals surface area contributed by atoms with Gasteiger partial charge in [0.25, 0.3) is 0 Å². The van der Waals surface area contributed by atoms with Crippen LogP contribution >= 0.6 is 0 Å². The van der Waals surface area contributed by atoms with Crippen LogP contribution in [-0.4, -0.2) is 29.1 Å². The third-order valence-electron chi connectivity index (χ3n) is 4.21. The van der Waals surface area contributed by atoms with Gasteiger partial charge in [0.2, 0.25) is 5.95 Å². The molecule has 1 aliphatic carbocycles. The van der Waals surface area contributed by atoms with Gasteiger partial charge in [0.15, 0.2) is 0 Å². The lowest BCUT2D eigenvalue weighted by Crippen LogP contribution is -2.25. The number of rotatable bonds is 3. The summed E-state index contributed by atoms with van der Waals surface area (Å²) in [5.41, 5.74) is 1.07. The van der Waals surface area contributed by atoms with Gasteiger partial charge in [0, 0.05) is 30.9 Å². The van der Waals surface area contributed by atoms with Crippen LogP contribution in [0.15, 0.2) is 6.07 Å². The van der Waals surface area contributed by atoms with Crippen LogP contribution < -0.4 is 10.2 Å². The lowest BCUT2D eigenvalue weighted by molar-refractivity contribution is 0.460. The van der Waals surface area contributed by atoms with E-state index in [-0.39, 0.29) is 0 Å². The Morgan fingerprint density at radius 1 is 1.05 bits per heavy atom. The molecule has 0 spiro atoms. The monoisotopic (exact) mass is 260 g/mol. The Kier molecular flexibility index (Phi) is 3.85. The molecule has 4 heteroatoms. The molecule has 0 atom stereocenters. The molecule has 1 aromatic heterocycles. The second-order valence-electron chi connectivity index (χ2n) is 5.86. The Balaban J connectivity index is 1.73. The van der Waals surface area contributed by atoms with Crippen molar-refractivity contribution in [1.82, 2.24) is 9.97 Å². The van der Waals surface area contributed by atoms with Gasteiger partial charge in [-0.3, -0.25) is 0 Å². The summed E-state index contributed by atoms with van der Waals surface area (Å²) in [6, 6.07) is 2.68. The largest absolute Gasteiger partial charge is 0.356 e. The molecule has 4 nitrogen and oxygen atoms in total. The van der Waals surface area contributed by atoms with Crippen molar-refractivity contribution in [2.24, 2.45) is 0 Å². The molecule has 19 heavy (non-hydrogen) atoms. The predicted octanol–water partition coefficient (Wildman–Crippen LogP) is 3.13. The molecular formula is C15H24N4. The number of hydrogen-bond acceptors (Lipinski definition) is 4. The quantitative estimate of drug-likeness (QED) is 0.906.